The molecule has 0 radical (unpaired) electrons. The Bertz CT molecular complexity index is 421. The van der Waals surface area contributed by atoms with E-state index in [1.165, 1.54) is 19.2 Å². The molecule has 5 heteroatoms. The zero-order valence-corrected chi connectivity index (χ0v) is 10.9. The normalized spacial score (nSPS) is 10.6. The third-order valence-electron chi connectivity index (χ3n) is 2.65. The molecule has 18 heavy (non-hydrogen) atoms. The van der Waals surface area contributed by atoms with Crippen LogP contribution < -0.4 is 10.5 Å². The fraction of sp³-hybridized carbons (Fsp3) is 0.462. The van der Waals surface area contributed by atoms with Gasteiger partial charge in [0, 0.05) is 24.7 Å². The zero-order chi connectivity index (χ0) is 13.7. The Morgan fingerprint density at radius 2 is 2.17 bits per heavy atom. The minimum Gasteiger partial charge on any atom is -0.494 e. The Morgan fingerprint density at radius 1 is 1.50 bits per heavy atom. The Hall–Kier alpha value is -1.62. The quantitative estimate of drug-likeness (QED) is 0.869. The lowest BCUT2D eigenvalue weighted by Crippen LogP contribution is -2.40. The van der Waals surface area contributed by atoms with E-state index in [9.17, 15) is 9.18 Å². The van der Waals surface area contributed by atoms with Gasteiger partial charge in [0.15, 0.2) is 11.6 Å². The number of ether oxygens (including phenoxy) is 1. The van der Waals surface area contributed by atoms with Gasteiger partial charge in [0.25, 0.3) is 5.91 Å². The summed E-state index contributed by atoms with van der Waals surface area (Å²) in [5.74, 6) is -0.640. The number of amides is 1. The van der Waals surface area contributed by atoms with Gasteiger partial charge in [-0.3, -0.25) is 4.79 Å². The molecule has 0 aliphatic heterocycles. The van der Waals surface area contributed by atoms with Crippen molar-refractivity contribution in [2.24, 2.45) is 5.73 Å². The van der Waals surface area contributed by atoms with E-state index in [0.29, 0.717) is 18.7 Å². The number of halogens is 1. The van der Waals surface area contributed by atoms with E-state index in [0.717, 1.165) is 0 Å². The number of methoxy groups -OCH3 is 1. The number of nitrogens with zero attached hydrogens (tertiary/aromatic N) is 1. The van der Waals surface area contributed by atoms with Gasteiger partial charge in [-0.05, 0) is 32.0 Å². The standard InChI is InChI=1S/C13H19FN2O2/c1-9(2)16(7-6-15)13(17)10-4-5-12(18-3)11(14)8-10/h4-5,8-9H,6-7,15H2,1-3H3. The molecule has 0 fully saturated rings. The summed E-state index contributed by atoms with van der Waals surface area (Å²) in [6.07, 6.45) is 0. The van der Waals surface area contributed by atoms with Gasteiger partial charge in [-0.1, -0.05) is 0 Å². The Balaban J connectivity index is 2.98. The van der Waals surface area contributed by atoms with E-state index in [1.807, 2.05) is 13.8 Å². The van der Waals surface area contributed by atoms with Crippen LogP contribution in [0.3, 0.4) is 0 Å². The molecular weight excluding hydrogens is 235 g/mol. The van der Waals surface area contributed by atoms with Crippen LogP contribution in [0.25, 0.3) is 0 Å². The van der Waals surface area contributed by atoms with Crippen LogP contribution in [0.2, 0.25) is 0 Å². The molecule has 0 heterocycles. The summed E-state index contributed by atoms with van der Waals surface area (Å²) in [5, 5.41) is 0. The second kappa shape index (κ2) is 6.35. The van der Waals surface area contributed by atoms with Crippen LogP contribution in [0.1, 0.15) is 24.2 Å². The van der Waals surface area contributed by atoms with Crippen molar-refractivity contribution in [3.05, 3.63) is 29.6 Å². The lowest BCUT2D eigenvalue weighted by atomic mass is 10.1. The molecule has 100 valence electrons. The summed E-state index contributed by atoms with van der Waals surface area (Å²) in [4.78, 5) is 13.8. The third-order valence-corrected chi connectivity index (χ3v) is 2.65. The van der Waals surface area contributed by atoms with Crippen molar-refractivity contribution in [3.63, 3.8) is 0 Å². The molecule has 0 atom stereocenters. The van der Waals surface area contributed by atoms with Gasteiger partial charge in [-0.15, -0.1) is 0 Å². The summed E-state index contributed by atoms with van der Waals surface area (Å²) in [7, 11) is 1.38. The highest BCUT2D eigenvalue weighted by molar-refractivity contribution is 5.94. The molecule has 0 aliphatic carbocycles. The molecule has 0 saturated carbocycles. The highest BCUT2D eigenvalue weighted by Crippen LogP contribution is 2.19. The van der Waals surface area contributed by atoms with Gasteiger partial charge in [0.1, 0.15) is 0 Å². The molecule has 1 aromatic rings. The average Bonchev–Trinajstić information content (AvgIpc) is 2.34. The van der Waals surface area contributed by atoms with Crippen molar-refractivity contribution in [1.82, 2.24) is 4.90 Å². The SMILES string of the molecule is COc1ccc(C(=O)N(CCN)C(C)C)cc1F. The van der Waals surface area contributed by atoms with Crippen LogP contribution in [0, 0.1) is 5.82 Å². The van der Waals surface area contributed by atoms with E-state index < -0.39 is 5.82 Å². The van der Waals surface area contributed by atoms with E-state index in [1.54, 1.807) is 11.0 Å². The molecule has 0 aromatic heterocycles. The maximum absolute atomic E-state index is 13.5. The first-order valence-electron chi connectivity index (χ1n) is 5.85. The van der Waals surface area contributed by atoms with Crippen molar-refractivity contribution in [2.45, 2.75) is 19.9 Å². The van der Waals surface area contributed by atoms with Crippen molar-refractivity contribution in [3.8, 4) is 5.75 Å². The van der Waals surface area contributed by atoms with Gasteiger partial charge < -0.3 is 15.4 Å². The Kier molecular flexibility index (Phi) is 5.09. The highest BCUT2D eigenvalue weighted by atomic mass is 19.1. The second-order valence-electron chi connectivity index (χ2n) is 4.23. The number of hydrogen-bond acceptors (Lipinski definition) is 3. The molecule has 0 spiro atoms. The fourth-order valence-electron chi connectivity index (χ4n) is 1.70. The number of benzene rings is 1. The maximum atomic E-state index is 13.5. The third kappa shape index (κ3) is 3.20. The van der Waals surface area contributed by atoms with E-state index >= 15 is 0 Å². The number of rotatable bonds is 5. The summed E-state index contributed by atoms with van der Waals surface area (Å²) < 4.78 is 18.4. The topological polar surface area (TPSA) is 55.6 Å². The largest absolute Gasteiger partial charge is 0.494 e. The number of nitrogens with two attached hydrogens (primary N) is 1. The highest BCUT2D eigenvalue weighted by Gasteiger charge is 2.19. The lowest BCUT2D eigenvalue weighted by molar-refractivity contribution is 0.0711. The summed E-state index contributed by atoms with van der Waals surface area (Å²) in [6, 6.07) is 4.21. The molecule has 1 rings (SSSR count). The minimum atomic E-state index is -0.542. The molecule has 4 nitrogen and oxygen atoms in total. The first-order valence-corrected chi connectivity index (χ1v) is 5.85. The van der Waals surface area contributed by atoms with E-state index in [-0.39, 0.29) is 17.7 Å². The molecule has 1 amide bonds. The lowest BCUT2D eigenvalue weighted by Gasteiger charge is -2.26. The van der Waals surface area contributed by atoms with Crippen molar-refractivity contribution in [2.75, 3.05) is 20.2 Å². The number of carbonyl (C=O) groups is 1. The van der Waals surface area contributed by atoms with Crippen LogP contribution >= 0.6 is 0 Å². The zero-order valence-electron chi connectivity index (χ0n) is 10.9. The van der Waals surface area contributed by atoms with Crippen molar-refractivity contribution >= 4 is 5.91 Å². The van der Waals surface area contributed by atoms with Gasteiger partial charge in [0.2, 0.25) is 0 Å². The van der Waals surface area contributed by atoms with Gasteiger partial charge in [0.05, 0.1) is 7.11 Å². The Labute approximate surface area is 107 Å². The predicted octanol–water partition coefficient (Wildman–Crippen LogP) is 1.64. The first-order chi connectivity index (χ1) is 8.51. The molecule has 0 unspecified atom stereocenters. The van der Waals surface area contributed by atoms with E-state index in [2.05, 4.69) is 0 Å². The summed E-state index contributed by atoms with van der Waals surface area (Å²) in [5.41, 5.74) is 5.77. The van der Waals surface area contributed by atoms with Crippen LogP contribution in [0.15, 0.2) is 18.2 Å². The average molecular weight is 254 g/mol. The number of hydrogen-bond donors (Lipinski definition) is 1. The second-order valence-corrected chi connectivity index (χ2v) is 4.23. The molecular formula is C13H19FN2O2. The van der Waals surface area contributed by atoms with Gasteiger partial charge in [-0.25, -0.2) is 4.39 Å². The molecule has 0 bridgehead atoms. The van der Waals surface area contributed by atoms with Crippen LogP contribution in [0.4, 0.5) is 4.39 Å². The fourth-order valence-corrected chi connectivity index (χ4v) is 1.70. The molecule has 0 aliphatic rings. The van der Waals surface area contributed by atoms with Crippen molar-refractivity contribution < 1.29 is 13.9 Å². The number of carbonyl (C=O) groups excluding carboxylic acids is 1. The summed E-state index contributed by atoms with van der Waals surface area (Å²) >= 11 is 0. The van der Waals surface area contributed by atoms with Crippen LogP contribution in [-0.2, 0) is 0 Å². The molecule has 2 N–H and O–H groups in total. The van der Waals surface area contributed by atoms with Gasteiger partial charge >= 0.3 is 0 Å². The minimum absolute atomic E-state index is 0.0196. The molecule has 0 saturated heterocycles. The monoisotopic (exact) mass is 254 g/mol. The smallest absolute Gasteiger partial charge is 0.254 e. The first kappa shape index (κ1) is 14.4. The van der Waals surface area contributed by atoms with E-state index in [4.69, 9.17) is 10.5 Å². The van der Waals surface area contributed by atoms with Gasteiger partial charge in [-0.2, -0.15) is 0 Å². The summed E-state index contributed by atoms with van der Waals surface area (Å²) in [6.45, 7) is 4.62. The Morgan fingerprint density at radius 3 is 2.61 bits per heavy atom. The van der Waals surface area contributed by atoms with Crippen LogP contribution in [-0.4, -0.2) is 37.0 Å². The predicted molar refractivity (Wildman–Crippen MR) is 68.2 cm³/mol. The molecule has 1 aromatic carbocycles. The van der Waals surface area contributed by atoms with Crippen LogP contribution in [0.5, 0.6) is 5.75 Å². The maximum Gasteiger partial charge on any atom is 0.254 e. The van der Waals surface area contributed by atoms with Crippen molar-refractivity contribution in [1.29, 1.82) is 0 Å².